The van der Waals surface area contributed by atoms with Crippen molar-refractivity contribution in [1.82, 2.24) is 15.0 Å². The van der Waals surface area contributed by atoms with Crippen LogP contribution in [-0.4, -0.2) is 20.9 Å². The van der Waals surface area contributed by atoms with Crippen LogP contribution in [0.15, 0.2) is 24.4 Å². The molecule has 1 aromatic carbocycles. The number of aryl methyl sites for hydroxylation is 2. The Morgan fingerprint density at radius 2 is 2.11 bits per heavy atom. The molecule has 1 N–H and O–H groups in total. The van der Waals surface area contributed by atoms with Crippen LogP contribution in [0.3, 0.4) is 0 Å². The minimum atomic E-state index is -0.232. The van der Waals surface area contributed by atoms with E-state index in [2.05, 4.69) is 29.5 Å². The minimum absolute atomic E-state index is 0.232. The van der Waals surface area contributed by atoms with Gasteiger partial charge in [0.25, 0.3) is 5.91 Å². The zero-order valence-electron chi connectivity index (χ0n) is 11.6. The molecular weight excluding hydrogens is 240 g/mol. The van der Waals surface area contributed by atoms with E-state index in [1.54, 1.807) is 13.2 Å². The Kier molecular flexibility index (Phi) is 3.64. The lowest BCUT2D eigenvalue weighted by Crippen LogP contribution is -2.15. The van der Waals surface area contributed by atoms with Crippen LogP contribution >= 0.6 is 0 Å². The molecule has 100 valence electrons. The van der Waals surface area contributed by atoms with Gasteiger partial charge in [-0.25, -0.2) is 0 Å². The number of hydrogen-bond acceptors (Lipinski definition) is 3. The fourth-order valence-corrected chi connectivity index (χ4v) is 1.97. The smallest absolute Gasteiger partial charge is 0.277 e. The maximum Gasteiger partial charge on any atom is 0.277 e. The summed E-state index contributed by atoms with van der Waals surface area (Å²) in [6.45, 7) is 6.19. The van der Waals surface area contributed by atoms with Crippen LogP contribution in [0.2, 0.25) is 0 Å². The predicted octanol–water partition coefficient (Wildman–Crippen LogP) is 2.50. The maximum absolute atomic E-state index is 12.1. The molecule has 0 unspecified atom stereocenters. The lowest BCUT2D eigenvalue weighted by molar-refractivity contribution is 0.102. The van der Waals surface area contributed by atoms with Gasteiger partial charge in [0.2, 0.25) is 0 Å². The average molecular weight is 258 g/mol. The van der Waals surface area contributed by atoms with Crippen LogP contribution in [0, 0.1) is 6.92 Å². The number of hydrogen-bond donors (Lipinski definition) is 1. The van der Waals surface area contributed by atoms with Gasteiger partial charge in [0.1, 0.15) is 0 Å². The Hall–Kier alpha value is -2.17. The molecule has 1 heterocycles. The molecule has 0 saturated carbocycles. The summed E-state index contributed by atoms with van der Waals surface area (Å²) in [5.41, 5.74) is 3.36. The molecule has 1 aromatic heterocycles. The Labute approximate surface area is 112 Å². The number of nitrogens with one attached hydrogen (secondary N) is 1. The summed E-state index contributed by atoms with van der Waals surface area (Å²) in [6.07, 6.45) is 1.60. The van der Waals surface area contributed by atoms with Gasteiger partial charge in [-0.15, -0.1) is 5.10 Å². The molecule has 0 atom stereocenters. The first-order valence-corrected chi connectivity index (χ1v) is 6.26. The molecule has 19 heavy (non-hydrogen) atoms. The molecule has 0 radical (unpaired) electrons. The third-order valence-electron chi connectivity index (χ3n) is 3.00. The van der Waals surface area contributed by atoms with Crippen molar-refractivity contribution in [1.29, 1.82) is 0 Å². The summed E-state index contributed by atoms with van der Waals surface area (Å²) in [7, 11) is 1.73. The summed E-state index contributed by atoms with van der Waals surface area (Å²) in [5.74, 6) is 0.112. The number of nitrogens with zero attached hydrogens (tertiary/aromatic N) is 3. The van der Waals surface area contributed by atoms with Gasteiger partial charge in [-0.1, -0.05) is 37.3 Å². The molecule has 0 fully saturated rings. The molecular formula is C14H18N4O. The van der Waals surface area contributed by atoms with E-state index in [-0.39, 0.29) is 5.91 Å². The molecule has 2 aromatic rings. The molecule has 0 aliphatic heterocycles. The van der Waals surface area contributed by atoms with E-state index in [9.17, 15) is 4.79 Å². The van der Waals surface area contributed by atoms with Crippen LogP contribution in [-0.2, 0) is 7.05 Å². The summed E-state index contributed by atoms with van der Waals surface area (Å²) < 4.78 is 1.51. The van der Waals surface area contributed by atoms with Crippen molar-refractivity contribution in [3.8, 4) is 0 Å². The van der Waals surface area contributed by atoms with Gasteiger partial charge in [-0.2, -0.15) is 0 Å². The second kappa shape index (κ2) is 5.22. The lowest BCUT2D eigenvalue weighted by Gasteiger charge is -2.15. The van der Waals surface area contributed by atoms with Gasteiger partial charge < -0.3 is 5.32 Å². The van der Waals surface area contributed by atoms with Crippen molar-refractivity contribution in [3.05, 3.63) is 41.2 Å². The predicted molar refractivity (Wildman–Crippen MR) is 74.2 cm³/mol. The van der Waals surface area contributed by atoms with Crippen LogP contribution in [0.5, 0.6) is 0 Å². The highest BCUT2D eigenvalue weighted by Gasteiger charge is 2.15. The molecule has 0 aliphatic rings. The van der Waals surface area contributed by atoms with Crippen molar-refractivity contribution < 1.29 is 4.79 Å². The number of aromatic nitrogens is 3. The number of amides is 1. The van der Waals surface area contributed by atoms with Crippen molar-refractivity contribution in [3.63, 3.8) is 0 Å². The monoisotopic (exact) mass is 258 g/mol. The molecule has 0 bridgehead atoms. The van der Waals surface area contributed by atoms with E-state index in [0.717, 1.165) is 16.8 Å². The third kappa shape index (κ3) is 2.81. The molecule has 0 saturated heterocycles. The number of benzene rings is 1. The van der Waals surface area contributed by atoms with Gasteiger partial charge in [0, 0.05) is 12.7 Å². The number of carbonyl (C=O) groups excluding carboxylic acids is 1. The van der Waals surface area contributed by atoms with E-state index in [1.807, 2.05) is 25.1 Å². The van der Waals surface area contributed by atoms with E-state index in [4.69, 9.17) is 0 Å². The Balaban J connectivity index is 2.31. The summed E-state index contributed by atoms with van der Waals surface area (Å²) in [4.78, 5) is 12.1. The largest absolute Gasteiger partial charge is 0.320 e. The maximum atomic E-state index is 12.1. The van der Waals surface area contributed by atoms with Crippen LogP contribution in [0.4, 0.5) is 5.69 Å². The van der Waals surface area contributed by atoms with E-state index in [1.165, 1.54) is 4.68 Å². The summed E-state index contributed by atoms with van der Waals surface area (Å²) in [6, 6.07) is 6.02. The zero-order valence-corrected chi connectivity index (χ0v) is 11.6. The van der Waals surface area contributed by atoms with E-state index >= 15 is 0 Å². The Morgan fingerprint density at radius 1 is 1.37 bits per heavy atom. The van der Waals surface area contributed by atoms with Crippen molar-refractivity contribution in [2.75, 3.05) is 5.32 Å². The Bertz CT molecular complexity index is 601. The third-order valence-corrected chi connectivity index (χ3v) is 3.00. The highest BCUT2D eigenvalue weighted by Crippen LogP contribution is 2.27. The van der Waals surface area contributed by atoms with Crippen LogP contribution < -0.4 is 5.32 Å². The molecule has 0 spiro atoms. The SMILES string of the molecule is Cc1cccc(C(C)C)c1NC(=O)c1cn(C)nn1. The fourth-order valence-electron chi connectivity index (χ4n) is 1.97. The van der Waals surface area contributed by atoms with Crippen molar-refractivity contribution in [2.45, 2.75) is 26.7 Å². The van der Waals surface area contributed by atoms with Gasteiger partial charge in [-0.05, 0) is 24.0 Å². The molecule has 5 heteroatoms. The zero-order chi connectivity index (χ0) is 14.0. The summed E-state index contributed by atoms with van der Waals surface area (Å²) in [5, 5.41) is 10.5. The van der Waals surface area contributed by atoms with Crippen LogP contribution in [0.25, 0.3) is 0 Å². The lowest BCUT2D eigenvalue weighted by atomic mass is 9.98. The second-order valence-electron chi connectivity index (χ2n) is 4.93. The van der Waals surface area contributed by atoms with Crippen molar-refractivity contribution in [2.24, 2.45) is 7.05 Å². The highest BCUT2D eigenvalue weighted by molar-refractivity contribution is 6.03. The van der Waals surface area contributed by atoms with Crippen molar-refractivity contribution >= 4 is 11.6 Å². The first-order chi connectivity index (χ1) is 8.99. The normalized spacial score (nSPS) is 10.8. The fraction of sp³-hybridized carbons (Fsp3) is 0.357. The van der Waals surface area contributed by atoms with Gasteiger partial charge in [0.15, 0.2) is 5.69 Å². The standard InChI is InChI=1S/C14H18N4O/c1-9(2)11-7-5-6-10(3)13(11)15-14(19)12-8-18(4)17-16-12/h5-9H,1-4H3,(H,15,19). The molecule has 0 aliphatic carbocycles. The number of rotatable bonds is 3. The number of para-hydroxylation sites is 1. The van der Waals surface area contributed by atoms with Gasteiger partial charge in [-0.3, -0.25) is 9.48 Å². The van der Waals surface area contributed by atoms with E-state index < -0.39 is 0 Å². The number of anilines is 1. The van der Waals surface area contributed by atoms with Gasteiger partial charge in [0.05, 0.1) is 6.20 Å². The van der Waals surface area contributed by atoms with Gasteiger partial charge >= 0.3 is 0 Å². The molecule has 2 rings (SSSR count). The molecule has 1 amide bonds. The second-order valence-corrected chi connectivity index (χ2v) is 4.93. The quantitative estimate of drug-likeness (QED) is 0.920. The minimum Gasteiger partial charge on any atom is -0.320 e. The summed E-state index contributed by atoms with van der Waals surface area (Å²) >= 11 is 0. The average Bonchev–Trinajstić information content (AvgIpc) is 2.78. The topological polar surface area (TPSA) is 59.8 Å². The van der Waals surface area contributed by atoms with E-state index in [0.29, 0.717) is 11.6 Å². The Morgan fingerprint density at radius 3 is 2.68 bits per heavy atom. The number of carbonyl (C=O) groups is 1. The molecule has 5 nitrogen and oxygen atoms in total. The van der Waals surface area contributed by atoms with Crippen LogP contribution in [0.1, 0.15) is 41.4 Å². The highest BCUT2D eigenvalue weighted by atomic mass is 16.2. The first kappa shape index (κ1) is 13.3. The first-order valence-electron chi connectivity index (χ1n) is 6.26.